The van der Waals surface area contributed by atoms with Crippen LogP contribution in [0.3, 0.4) is 0 Å². The third-order valence-corrected chi connectivity index (χ3v) is 3.22. The molecule has 0 aliphatic carbocycles. The summed E-state index contributed by atoms with van der Waals surface area (Å²) in [5.41, 5.74) is -0.939. The van der Waals surface area contributed by atoms with Crippen LogP contribution in [0.2, 0.25) is 0 Å². The summed E-state index contributed by atoms with van der Waals surface area (Å²) < 4.78 is 5.28. The second-order valence-electron chi connectivity index (χ2n) is 6.09. The maximum Gasteiger partial charge on any atom is 0.342 e. The molecule has 118 valence electrons. The van der Waals surface area contributed by atoms with Gasteiger partial charge >= 0.3 is 11.9 Å². The molecule has 0 spiro atoms. The smallest absolute Gasteiger partial charge is 0.342 e. The van der Waals surface area contributed by atoms with Gasteiger partial charge < -0.3 is 4.74 Å². The van der Waals surface area contributed by atoms with E-state index in [2.05, 4.69) is 0 Å². The summed E-state index contributed by atoms with van der Waals surface area (Å²) >= 11 is 0. The van der Waals surface area contributed by atoms with E-state index < -0.39 is 17.2 Å². The van der Waals surface area contributed by atoms with E-state index in [4.69, 9.17) is 14.5 Å². The quantitative estimate of drug-likeness (QED) is 0.369. The zero-order chi connectivity index (χ0) is 15.8. The summed E-state index contributed by atoms with van der Waals surface area (Å²) in [4.78, 5) is 32.7. The highest BCUT2D eigenvalue weighted by atomic mass is 17.2. The topological polar surface area (TPSA) is 61.8 Å². The number of ether oxygens (including phenoxy) is 1. The third-order valence-electron chi connectivity index (χ3n) is 3.22. The molecule has 0 aromatic rings. The molecular formula is C15H28O5. The molecular weight excluding hydrogens is 260 g/mol. The van der Waals surface area contributed by atoms with Crippen molar-refractivity contribution in [1.29, 1.82) is 0 Å². The van der Waals surface area contributed by atoms with Gasteiger partial charge in [-0.15, -0.1) is 0 Å². The van der Waals surface area contributed by atoms with Gasteiger partial charge in [0.1, 0.15) is 11.2 Å². The Balaban J connectivity index is 3.85. The second kappa shape index (κ2) is 8.25. The van der Waals surface area contributed by atoms with Gasteiger partial charge in [0.2, 0.25) is 0 Å². The van der Waals surface area contributed by atoms with Crippen molar-refractivity contribution in [1.82, 2.24) is 0 Å². The van der Waals surface area contributed by atoms with Crippen molar-refractivity contribution in [3.05, 3.63) is 0 Å². The van der Waals surface area contributed by atoms with E-state index in [1.165, 1.54) is 0 Å². The SMILES string of the molecule is CCC(C)(C)OOC(=O)CCCC(=O)OC(C)(C)CC. The Morgan fingerprint density at radius 1 is 0.850 bits per heavy atom. The van der Waals surface area contributed by atoms with E-state index in [0.717, 1.165) is 12.8 Å². The van der Waals surface area contributed by atoms with Gasteiger partial charge in [-0.05, 0) is 47.0 Å². The van der Waals surface area contributed by atoms with Crippen LogP contribution < -0.4 is 0 Å². The van der Waals surface area contributed by atoms with Crippen molar-refractivity contribution < 1.29 is 24.1 Å². The minimum atomic E-state index is -0.486. The van der Waals surface area contributed by atoms with Crippen LogP contribution in [0, 0.1) is 0 Å². The van der Waals surface area contributed by atoms with E-state index in [1.807, 2.05) is 41.5 Å². The number of hydrogen-bond acceptors (Lipinski definition) is 5. The molecule has 0 atom stereocenters. The molecule has 0 heterocycles. The minimum Gasteiger partial charge on any atom is -0.460 e. The van der Waals surface area contributed by atoms with Gasteiger partial charge in [-0.25, -0.2) is 4.79 Å². The first-order valence-electron chi connectivity index (χ1n) is 7.22. The van der Waals surface area contributed by atoms with Gasteiger partial charge in [0.25, 0.3) is 0 Å². The molecule has 0 bridgehead atoms. The molecule has 0 radical (unpaired) electrons. The molecule has 0 amide bonds. The maximum absolute atomic E-state index is 11.6. The van der Waals surface area contributed by atoms with Crippen molar-refractivity contribution >= 4 is 11.9 Å². The summed E-state index contributed by atoms with van der Waals surface area (Å²) in [6.07, 6.45) is 2.23. The third kappa shape index (κ3) is 8.91. The van der Waals surface area contributed by atoms with Crippen LogP contribution in [-0.2, 0) is 24.1 Å². The van der Waals surface area contributed by atoms with Crippen molar-refractivity contribution in [2.75, 3.05) is 0 Å². The zero-order valence-electron chi connectivity index (χ0n) is 13.6. The molecule has 0 aliphatic heterocycles. The molecule has 0 saturated heterocycles. The van der Waals surface area contributed by atoms with Crippen molar-refractivity contribution in [2.24, 2.45) is 0 Å². The number of hydrogen-bond donors (Lipinski definition) is 0. The van der Waals surface area contributed by atoms with Crippen molar-refractivity contribution in [3.8, 4) is 0 Å². The van der Waals surface area contributed by atoms with Crippen LogP contribution in [0.25, 0.3) is 0 Å². The molecule has 0 aliphatic rings. The predicted octanol–water partition coefficient (Wildman–Crippen LogP) is 3.55. The fourth-order valence-electron chi connectivity index (χ4n) is 1.07. The number of esters is 1. The second-order valence-corrected chi connectivity index (χ2v) is 6.09. The van der Waals surface area contributed by atoms with Gasteiger partial charge in [-0.1, -0.05) is 13.8 Å². The minimum absolute atomic E-state index is 0.140. The molecule has 0 unspecified atom stereocenters. The summed E-state index contributed by atoms with van der Waals surface area (Å²) in [5.74, 6) is -0.756. The van der Waals surface area contributed by atoms with Gasteiger partial charge in [-0.3, -0.25) is 9.68 Å². The van der Waals surface area contributed by atoms with Gasteiger partial charge in [0.15, 0.2) is 0 Å². The molecule has 0 fully saturated rings. The summed E-state index contributed by atoms with van der Waals surface area (Å²) in [6, 6.07) is 0. The first-order chi connectivity index (χ1) is 9.12. The van der Waals surface area contributed by atoms with E-state index >= 15 is 0 Å². The average Bonchev–Trinajstić information content (AvgIpc) is 2.36. The Morgan fingerprint density at radius 3 is 1.85 bits per heavy atom. The Morgan fingerprint density at radius 2 is 1.35 bits per heavy atom. The fourth-order valence-corrected chi connectivity index (χ4v) is 1.07. The van der Waals surface area contributed by atoms with Crippen molar-refractivity contribution in [2.45, 2.75) is 84.8 Å². The number of carbonyl (C=O) groups is 2. The lowest BCUT2D eigenvalue weighted by atomic mass is 10.1. The molecule has 5 heteroatoms. The predicted molar refractivity (Wildman–Crippen MR) is 75.9 cm³/mol. The van der Waals surface area contributed by atoms with Crippen molar-refractivity contribution in [3.63, 3.8) is 0 Å². The fraction of sp³-hybridized carbons (Fsp3) is 0.867. The van der Waals surface area contributed by atoms with Crippen LogP contribution in [0.1, 0.15) is 73.6 Å². The highest BCUT2D eigenvalue weighted by molar-refractivity contribution is 5.72. The molecule has 0 N–H and O–H groups in total. The molecule has 0 aromatic heterocycles. The highest BCUT2D eigenvalue weighted by Gasteiger charge is 2.21. The first kappa shape index (κ1) is 18.9. The lowest BCUT2D eigenvalue weighted by Crippen LogP contribution is -2.27. The zero-order valence-corrected chi connectivity index (χ0v) is 13.6. The van der Waals surface area contributed by atoms with Gasteiger partial charge in [0, 0.05) is 12.8 Å². The number of rotatable bonds is 9. The van der Waals surface area contributed by atoms with Gasteiger partial charge in [0.05, 0.1) is 0 Å². The first-order valence-corrected chi connectivity index (χ1v) is 7.22. The largest absolute Gasteiger partial charge is 0.460 e. The highest BCUT2D eigenvalue weighted by Crippen LogP contribution is 2.16. The van der Waals surface area contributed by atoms with Crippen LogP contribution in [0.4, 0.5) is 0 Å². The summed E-state index contributed by atoms with van der Waals surface area (Å²) in [7, 11) is 0. The standard InChI is InChI=1S/C15H28O5/c1-7-14(3,4)18-12(16)10-9-11-13(17)19-20-15(5,6)8-2/h7-11H2,1-6H3. The van der Waals surface area contributed by atoms with E-state index in [9.17, 15) is 9.59 Å². The number of carbonyl (C=O) groups excluding carboxylic acids is 2. The summed E-state index contributed by atoms with van der Waals surface area (Å²) in [6.45, 7) is 11.3. The maximum atomic E-state index is 11.6. The van der Waals surface area contributed by atoms with Crippen LogP contribution >= 0.6 is 0 Å². The lowest BCUT2D eigenvalue weighted by Gasteiger charge is -2.23. The Labute approximate surface area is 121 Å². The van der Waals surface area contributed by atoms with Crippen LogP contribution in [-0.4, -0.2) is 23.1 Å². The summed E-state index contributed by atoms with van der Waals surface area (Å²) in [5, 5.41) is 0. The van der Waals surface area contributed by atoms with Crippen LogP contribution in [0.15, 0.2) is 0 Å². The average molecular weight is 288 g/mol. The van der Waals surface area contributed by atoms with E-state index in [-0.39, 0.29) is 18.8 Å². The Kier molecular flexibility index (Phi) is 7.79. The van der Waals surface area contributed by atoms with E-state index in [0.29, 0.717) is 6.42 Å². The Bertz CT molecular complexity index is 320. The normalized spacial score (nSPS) is 12.1. The lowest BCUT2D eigenvalue weighted by molar-refractivity contribution is -0.325. The molecule has 0 saturated carbocycles. The van der Waals surface area contributed by atoms with E-state index in [1.54, 1.807) is 0 Å². The molecule has 0 aromatic carbocycles. The monoisotopic (exact) mass is 288 g/mol. The molecule has 20 heavy (non-hydrogen) atoms. The van der Waals surface area contributed by atoms with Crippen LogP contribution in [0.5, 0.6) is 0 Å². The molecule has 5 nitrogen and oxygen atoms in total. The molecule has 0 rings (SSSR count). The Hall–Kier alpha value is -1.10. The van der Waals surface area contributed by atoms with Gasteiger partial charge in [-0.2, -0.15) is 4.89 Å².